The summed E-state index contributed by atoms with van der Waals surface area (Å²) in [6.45, 7) is 5.96. The quantitative estimate of drug-likeness (QED) is 0.421. The molecule has 2 nitrogen and oxygen atoms in total. The van der Waals surface area contributed by atoms with Gasteiger partial charge in [-0.15, -0.1) is 0 Å². The molecular weight excluding hydrogens is 126 g/mol. The van der Waals surface area contributed by atoms with Crippen LogP contribution in [0.2, 0.25) is 0 Å². The van der Waals surface area contributed by atoms with Crippen molar-refractivity contribution in [1.82, 2.24) is 0 Å². The fraction of sp³-hybridized carbons (Fsp3) is 0.625. The van der Waals surface area contributed by atoms with Gasteiger partial charge in [-0.1, -0.05) is 6.58 Å². The zero-order valence-electron chi connectivity index (χ0n) is 7.27. The summed E-state index contributed by atoms with van der Waals surface area (Å²) < 4.78 is 0.762. The van der Waals surface area contributed by atoms with Crippen molar-refractivity contribution >= 4 is 5.78 Å². The third-order valence-corrected chi connectivity index (χ3v) is 1.16. The highest BCUT2D eigenvalue weighted by Gasteiger charge is 2.11. The molecule has 0 N–H and O–H groups in total. The monoisotopic (exact) mass is 142 g/mol. The second kappa shape index (κ2) is 2.97. The van der Waals surface area contributed by atoms with Gasteiger partial charge >= 0.3 is 0 Å². The normalized spacial score (nSPS) is 11.2. The Morgan fingerprint density at radius 2 is 1.80 bits per heavy atom. The van der Waals surface area contributed by atoms with Crippen molar-refractivity contribution in [2.24, 2.45) is 0 Å². The Labute approximate surface area is 62.7 Å². The van der Waals surface area contributed by atoms with E-state index >= 15 is 0 Å². The fourth-order valence-corrected chi connectivity index (χ4v) is 0.684. The van der Waals surface area contributed by atoms with E-state index in [1.165, 1.54) is 0 Å². The first-order valence-corrected chi connectivity index (χ1v) is 3.32. The van der Waals surface area contributed by atoms with Crippen molar-refractivity contribution < 1.29 is 9.28 Å². The number of hydrogen-bond donors (Lipinski definition) is 0. The molecule has 0 spiro atoms. The SMILES string of the molecule is C=C(C[N+](C)(C)C)C(C)=O. The van der Waals surface area contributed by atoms with Gasteiger partial charge in [0.1, 0.15) is 6.54 Å². The highest BCUT2D eigenvalue weighted by atomic mass is 16.1. The summed E-state index contributed by atoms with van der Waals surface area (Å²) in [5.74, 6) is 0.0908. The van der Waals surface area contributed by atoms with Gasteiger partial charge in [-0.3, -0.25) is 4.79 Å². The van der Waals surface area contributed by atoms with Gasteiger partial charge in [0, 0.05) is 5.57 Å². The Kier molecular flexibility index (Phi) is 2.78. The van der Waals surface area contributed by atoms with Crippen LogP contribution in [-0.2, 0) is 4.79 Å². The summed E-state index contributed by atoms with van der Waals surface area (Å²) in [7, 11) is 6.11. The van der Waals surface area contributed by atoms with Crippen LogP contribution < -0.4 is 0 Å². The lowest BCUT2D eigenvalue weighted by molar-refractivity contribution is -0.865. The minimum atomic E-state index is 0.0908. The maximum atomic E-state index is 10.7. The summed E-state index contributed by atoms with van der Waals surface area (Å²) in [6.07, 6.45) is 0. The van der Waals surface area contributed by atoms with Gasteiger partial charge in [0.2, 0.25) is 0 Å². The molecule has 58 valence electrons. The maximum absolute atomic E-state index is 10.7. The van der Waals surface area contributed by atoms with Crippen molar-refractivity contribution in [1.29, 1.82) is 0 Å². The van der Waals surface area contributed by atoms with Gasteiger partial charge in [-0.05, 0) is 6.92 Å². The number of likely N-dealkylation sites (N-methyl/N-ethyl adjacent to an activating group) is 1. The Hall–Kier alpha value is -0.630. The van der Waals surface area contributed by atoms with Gasteiger partial charge in [0.15, 0.2) is 5.78 Å². The molecule has 0 aliphatic heterocycles. The molecule has 0 fully saturated rings. The highest BCUT2D eigenvalue weighted by Crippen LogP contribution is 1.99. The first-order chi connectivity index (χ1) is 4.33. The summed E-state index contributed by atoms with van der Waals surface area (Å²) in [5.41, 5.74) is 0.701. The second-order valence-electron chi connectivity index (χ2n) is 3.61. The average molecular weight is 142 g/mol. The Morgan fingerprint density at radius 3 is 1.90 bits per heavy atom. The Morgan fingerprint density at radius 1 is 1.40 bits per heavy atom. The fourth-order valence-electron chi connectivity index (χ4n) is 0.684. The van der Waals surface area contributed by atoms with Crippen LogP contribution in [0, 0.1) is 0 Å². The van der Waals surface area contributed by atoms with Crippen LogP contribution in [0.5, 0.6) is 0 Å². The number of Topliss-reactive ketones (excluding diaryl/α,β-unsaturated/α-hetero) is 1. The second-order valence-corrected chi connectivity index (χ2v) is 3.61. The molecule has 0 saturated carbocycles. The molecule has 0 heterocycles. The molecule has 0 aliphatic rings. The molecular formula is C8H16NO+. The Balaban J connectivity index is 3.93. The van der Waals surface area contributed by atoms with Gasteiger partial charge < -0.3 is 4.48 Å². The van der Waals surface area contributed by atoms with Gasteiger partial charge in [0.25, 0.3) is 0 Å². The van der Waals surface area contributed by atoms with E-state index in [0.717, 1.165) is 11.0 Å². The average Bonchev–Trinajstić information content (AvgIpc) is 1.60. The predicted molar refractivity (Wildman–Crippen MR) is 42.7 cm³/mol. The molecule has 0 saturated heterocycles. The van der Waals surface area contributed by atoms with Crippen LogP contribution in [0.15, 0.2) is 12.2 Å². The van der Waals surface area contributed by atoms with Crippen LogP contribution in [0.25, 0.3) is 0 Å². The minimum absolute atomic E-state index is 0.0908. The van der Waals surface area contributed by atoms with Crippen molar-refractivity contribution in [2.45, 2.75) is 6.92 Å². The summed E-state index contributed by atoms with van der Waals surface area (Å²) in [4.78, 5) is 10.7. The summed E-state index contributed by atoms with van der Waals surface area (Å²) >= 11 is 0. The molecule has 0 rings (SSSR count). The molecule has 0 unspecified atom stereocenters. The lowest BCUT2D eigenvalue weighted by atomic mass is 10.2. The predicted octanol–water partition coefficient (Wildman–Crippen LogP) is 0.838. The summed E-state index contributed by atoms with van der Waals surface area (Å²) in [6, 6.07) is 0. The standard InChI is InChI=1S/C8H16NO/c1-7(8(2)10)6-9(3,4)5/h1,6H2,2-5H3/q+1. The van der Waals surface area contributed by atoms with E-state index < -0.39 is 0 Å². The van der Waals surface area contributed by atoms with Crippen molar-refractivity contribution in [3.05, 3.63) is 12.2 Å². The number of carbonyl (C=O) groups is 1. The van der Waals surface area contributed by atoms with Crippen LogP contribution in [-0.4, -0.2) is 38.0 Å². The van der Waals surface area contributed by atoms with E-state index in [0.29, 0.717) is 5.57 Å². The van der Waals surface area contributed by atoms with E-state index in [4.69, 9.17) is 0 Å². The molecule has 2 heteroatoms. The largest absolute Gasteiger partial charge is 0.327 e. The number of rotatable bonds is 3. The molecule has 10 heavy (non-hydrogen) atoms. The third kappa shape index (κ3) is 4.27. The van der Waals surface area contributed by atoms with E-state index in [-0.39, 0.29) is 5.78 Å². The molecule has 0 radical (unpaired) electrons. The first kappa shape index (κ1) is 9.37. The van der Waals surface area contributed by atoms with Crippen molar-refractivity contribution in [3.63, 3.8) is 0 Å². The minimum Gasteiger partial charge on any atom is -0.327 e. The molecule has 0 aromatic carbocycles. The molecule has 0 aliphatic carbocycles. The van der Waals surface area contributed by atoms with E-state index in [1.807, 2.05) is 21.1 Å². The van der Waals surface area contributed by atoms with Crippen LogP contribution >= 0.6 is 0 Å². The number of nitrogens with zero attached hydrogens (tertiary/aromatic N) is 1. The van der Waals surface area contributed by atoms with E-state index in [1.54, 1.807) is 6.92 Å². The number of hydrogen-bond acceptors (Lipinski definition) is 1. The van der Waals surface area contributed by atoms with E-state index in [2.05, 4.69) is 6.58 Å². The van der Waals surface area contributed by atoms with Crippen LogP contribution in [0.4, 0.5) is 0 Å². The zero-order chi connectivity index (χ0) is 8.36. The van der Waals surface area contributed by atoms with Crippen LogP contribution in [0.1, 0.15) is 6.92 Å². The molecule has 0 atom stereocenters. The number of ketones is 1. The lowest BCUT2D eigenvalue weighted by Crippen LogP contribution is -2.37. The molecule has 0 aromatic heterocycles. The maximum Gasteiger partial charge on any atom is 0.160 e. The van der Waals surface area contributed by atoms with Gasteiger partial charge in [-0.2, -0.15) is 0 Å². The topological polar surface area (TPSA) is 17.1 Å². The lowest BCUT2D eigenvalue weighted by Gasteiger charge is -2.23. The number of quaternary nitrogens is 1. The summed E-state index contributed by atoms with van der Waals surface area (Å²) in [5, 5.41) is 0. The third-order valence-electron chi connectivity index (χ3n) is 1.16. The molecule has 0 aromatic rings. The Bertz CT molecular complexity index is 153. The van der Waals surface area contributed by atoms with Gasteiger partial charge in [0.05, 0.1) is 21.1 Å². The van der Waals surface area contributed by atoms with Crippen molar-refractivity contribution in [3.8, 4) is 0 Å². The molecule has 0 bridgehead atoms. The highest BCUT2D eigenvalue weighted by molar-refractivity contribution is 5.92. The van der Waals surface area contributed by atoms with Crippen molar-refractivity contribution in [2.75, 3.05) is 27.7 Å². The van der Waals surface area contributed by atoms with Crippen LogP contribution in [0.3, 0.4) is 0 Å². The number of carbonyl (C=O) groups excluding carboxylic acids is 1. The van der Waals surface area contributed by atoms with E-state index in [9.17, 15) is 4.79 Å². The van der Waals surface area contributed by atoms with Gasteiger partial charge in [-0.25, -0.2) is 0 Å². The molecule has 0 amide bonds. The zero-order valence-corrected chi connectivity index (χ0v) is 7.27. The smallest absolute Gasteiger partial charge is 0.160 e. The first-order valence-electron chi connectivity index (χ1n) is 3.32.